The molecule has 2 rings (SSSR count). The Morgan fingerprint density at radius 3 is 2.62 bits per heavy atom. The van der Waals surface area contributed by atoms with Crippen molar-refractivity contribution in [3.63, 3.8) is 0 Å². The number of nitrogens with two attached hydrogens (primary N) is 1. The molecule has 4 atom stereocenters. The maximum absolute atomic E-state index is 12.1. The Bertz CT molecular complexity index is 567. The van der Waals surface area contributed by atoms with E-state index >= 15 is 0 Å². The van der Waals surface area contributed by atoms with Crippen LogP contribution < -0.4 is 16.7 Å². The fraction of sp³-hybridized carbons (Fsp3) is 0.733. The van der Waals surface area contributed by atoms with Gasteiger partial charge in [-0.05, 0) is 25.5 Å². The highest BCUT2D eigenvalue weighted by Crippen LogP contribution is 2.28. The van der Waals surface area contributed by atoms with Crippen LogP contribution in [0.4, 0.5) is 5.82 Å². The zero-order valence-corrected chi connectivity index (χ0v) is 13.5. The molecule has 0 radical (unpaired) electrons. The highest BCUT2D eigenvalue weighted by molar-refractivity contribution is 5.31. The van der Waals surface area contributed by atoms with E-state index in [4.69, 9.17) is 15.6 Å². The molecule has 1 aliphatic rings. The van der Waals surface area contributed by atoms with Crippen molar-refractivity contribution in [2.45, 2.75) is 50.2 Å². The fourth-order valence-electron chi connectivity index (χ4n) is 2.65. The van der Waals surface area contributed by atoms with Gasteiger partial charge in [0.25, 0.3) is 0 Å². The normalized spacial score (nSPS) is 26.7. The van der Waals surface area contributed by atoms with Crippen molar-refractivity contribution < 1.29 is 20.1 Å². The molecule has 0 bridgehead atoms. The molecule has 0 unspecified atom stereocenters. The second-order valence-corrected chi connectivity index (χ2v) is 5.86. The maximum Gasteiger partial charge on any atom is 0.351 e. The van der Waals surface area contributed by atoms with Crippen molar-refractivity contribution in [1.82, 2.24) is 9.55 Å². The van der Waals surface area contributed by atoms with E-state index in [1.807, 2.05) is 0 Å². The lowest BCUT2D eigenvalue weighted by Crippen LogP contribution is -2.36. The summed E-state index contributed by atoms with van der Waals surface area (Å²) in [5.41, 5.74) is 4.83. The van der Waals surface area contributed by atoms with Crippen molar-refractivity contribution in [3.8, 4) is 0 Å². The number of unbranched alkanes of at least 4 members (excludes halogenated alkanes) is 3. The number of ether oxygens (including phenoxy) is 1. The molecule has 24 heavy (non-hydrogen) atoms. The predicted octanol–water partition coefficient (Wildman–Crippen LogP) is -1.21. The number of nitrogens with one attached hydrogen (secondary N) is 1. The fourth-order valence-corrected chi connectivity index (χ4v) is 2.65. The van der Waals surface area contributed by atoms with Crippen molar-refractivity contribution in [2.75, 3.05) is 25.0 Å². The van der Waals surface area contributed by atoms with Crippen LogP contribution in [0.5, 0.6) is 0 Å². The van der Waals surface area contributed by atoms with Gasteiger partial charge < -0.3 is 31.1 Å². The molecule has 1 aromatic heterocycles. The molecule has 136 valence electrons. The zero-order chi connectivity index (χ0) is 17.5. The average molecular weight is 342 g/mol. The molecule has 0 aliphatic carbocycles. The predicted molar refractivity (Wildman–Crippen MR) is 87.5 cm³/mol. The molecule has 2 heterocycles. The molecule has 6 N–H and O–H groups in total. The first-order chi connectivity index (χ1) is 11.6. The van der Waals surface area contributed by atoms with E-state index in [2.05, 4.69) is 10.3 Å². The quantitative estimate of drug-likeness (QED) is 0.352. The van der Waals surface area contributed by atoms with Gasteiger partial charge in [0, 0.05) is 12.7 Å². The van der Waals surface area contributed by atoms with Gasteiger partial charge in [0.05, 0.1) is 6.61 Å². The molecule has 9 heteroatoms. The second kappa shape index (κ2) is 9.09. The third-order valence-electron chi connectivity index (χ3n) is 4.06. The highest BCUT2D eigenvalue weighted by Gasteiger charge is 2.43. The Morgan fingerprint density at radius 1 is 1.25 bits per heavy atom. The highest BCUT2D eigenvalue weighted by atomic mass is 16.6. The summed E-state index contributed by atoms with van der Waals surface area (Å²) in [6, 6.07) is 1.61. The molecule has 0 aromatic carbocycles. The van der Waals surface area contributed by atoms with Crippen molar-refractivity contribution in [1.29, 1.82) is 0 Å². The minimum atomic E-state index is -1.30. The summed E-state index contributed by atoms with van der Waals surface area (Å²) in [5, 5.41) is 31.9. The number of nitrogens with zero attached hydrogens (tertiary/aromatic N) is 2. The van der Waals surface area contributed by atoms with Crippen molar-refractivity contribution >= 4 is 5.82 Å². The van der Waals surface area contributed by atoms with Gasteiger partial charge in [0.15, 0.2) is 6.23 Å². The molecule has 0 amide bonds. The summed E-state index contributed by atoms with van der Waals surface area (Å²) < 4.78 is 6.43. The van der Waals surface area contributed by atoms with Gasteiger partial charge in [-0.1, -0.05) is 12.8 Å². The van der Waals surface area contributed by atoms with Crippen molar-refractivity contribution in [3.05, 3.63) is 22.7 Å². The molecule has 1 fully saturated rings. The Kier molecular flexibility index (Phi) is 7.13. The minimum absolute atomic E-state index is 0.444. The number of hydrogen-bond donors (Lipinski definition) is 5. The Morgan fingerprint density at radius 2 is 2.00 bits per heavy atom. The summed E-state index contributed by atoms with van der Waals surface area (Å²) >= 11 is 0. The van der Waals surface area contributed by atoms with Gasteiger partial charge in [0.1, 0.15) is 24.1 Å². The smallest absolute Gasteiger partial charge is 0.351 e. The second-order valence-electron chi connectivity index (χ2n) is 5.86. The topological polar surface area (TPSA) is 143 Å². The van der Waals surface area contributed by atoms with E-state index in [-0.39, 0.29) is 0 Å². The molecule has 0 saturated carbocycles. The minimum Gasteiger partial charge on any atom is -0.394 e. The third-order valence-corrected chi connectivity index (χ3v) is 4.06. The van der Waals surface area contributed by atoms with Crippen LogP contribution in [0.2, 0.25) is 0 Å². The number of aliphatic hydroxyl groups excluding tert-OH is 3. The van der Waals surface area contributed by atoms with E-state index < -0.39 is 36.8 Å². The Balaban J connectivity index is 1.92. The third kappa shape index (κ3) is 4.52. The van der Waals surface area contributed by atoms with Crippen molar-refractivity contribution in [2.24, 2.45) is 5.73 Å². The number of aromatic nitrogens is 2. The van der Waals surface area contributed by atoms with Gasteiger partial charge in [-0.2, -0.15) is 4.98 Å². The summed E-state index contributed by atoms with van der Waals surface area (Å²) in [6.07, 6.45) is 1.01. The van der Waals surface area contributed by atoms with E-state index in [9.17, 15) is 15.0 Å². The monoisotopic (exact) mass is 342 g/mol. The summed E-state index contributed by atoms with van der Waals surface area (Å²) in [7, 11) is 0. The molecule has 1 aliphatic heterocycles. The molecule has 1 saturated heterocycles. The number of rotatable bonds is 9. The first-order valence-corrected chi connectivity index (χ1v) is 8.24. The Labute approximate surface area is 140 Å². The van der Waals surface area contributed by atoms with E-state index in [0.717, 1.165) is 30.3 Å². The largest absolute Gasteiger partial charge is 0.394 e. The summed E-state index contributed by atoms with van der Waals surface area (Å²) in [6.45, 7) is 0.962. The first-order valence-electron chi connectivity index (χ1n) is 8.24. The molecule has 0 spiro atoms. The van der Waals surface area contributed by atoms with Crippen LogP contribution in [0, 0.1) is 0 Å². The molecule has 1 aromatic rings. The van der Waals surface area contributed by atoms with E-state index in [0.29, 0.717) is 18.9 Å². The van der Waals surface area contributed by atoms with Crippen LogP contribution in [0.3, 0.4) is 0 Å². The van der Waals surface area contributed by atoms with Crippen LogP contribution in [0.1, 0.15) is 31.9 Å². The molecule has 9 nitrogen and oxygen atoms in total. The number of hydrogen-bond acceptors (Lipinski definition) is 8. The van der Waals surface area contributed by atoms with Crippen LogP contribution in [0.25, 0.3) is 0 Å². The lowest BCUT2D eigenvalue weighted by Gasteiger charge is -2.17. The van der Waals surface area contributed by atoms with Crippen LogP contribution in [-0.2, 0) is 4.74 Å². The van der Waals surface area contributed by atoms with Crippen LogP contribution >= 0.6 is 0 Å². The van der Waals surface area contributed by atoms with E-state index in [1.165, 1.54) is 6.20 Å². The summed E-state index contributed by atoms with van der Waals surface area (Å²) in [5.74, 6) is 0.446. The zero-order valence-electron chi connectivity index (χ0n) is 13.5. The van der Waals surface area contributed by atoms with Gasteiger partial charge in [-0.25, -0.2) is 4.79 Å². The van der Waals surface area contributed by atoms with Gasteiger partial charge in [-0.15, -0.1) is 0 Å². The van der Waals surface area contributed by atoms with Crippen LogP contribution in [0.15, 0.2) is 17.1 Å². The lowest BCUT2D eigenvalue weighted by molar-refractivity contribution is -0.0549. The van der Waals surface area contributed by atoms with Gasteiger partial charge in [-0.3, -0.25) is 4.57 Å². The number of aliphatic hydroxyl groups is 3. The first kappa shape index (κ1) is 18.8. The molecular formula is C15H26N4O5. The standard InChI is InChI=1S/C15H26N4O5/c16-6-3-1-2-4-7-17-11-5-8-19(15(23)18-11)14-13(22)12(21)10(9-20)24-14/h5,8,10,12-14,20-22H,1-4,6-7,9,16H2,(H,17,18,23)/t10-,12-,13+,14-/m1/s1. The van der Waals surface area contributed by atoms with E-state index in [1.54, 1.807) is 6.07 Å². The number of anilines is 1. The summed E-state index contributed by atoms with van der Waals surface area (Å²) in [4.78, 5) is 16.0. The Hall–Kier alpha value is -1.52. The van der Waals surface area contributed by atoms with Crippen LogP contribution in [-0.4, -0.2) is 62.9 Å². The van der Waals surface area contributed by atoms with Gasteiger partial charge >= 0.3 is 5.69 Å². The lowest BCUT2D eigenvalue weighted by atomic mass is 10.1. The maximum atomic E-state index is 12.1. The SMILES string of the molecule is NCCCCCCNc1ccn([C@@H]2O[C@H](CO)[C@@H](O)[C@@H]2O)c(=O)n1. The van der Waals surface area contributed by atoms with Gasteiger partial charge in [0.2, 0.25) is 0 Å². The average Bonchev–Trinajstić information content (AvgIpc) is 2.86. The molecular weight excluding hydrogens is 316 g/mol.